The average Bonchev–Trinajstić information content (AvgIpc) is 2.30. The van der Waals surface area contributed by atoms with E-state index >= 15 is 0 Å². The Labute approximate surface area is 117 Å². The van der Waals surface area contributed by atoms with E-state index in [9.17, 15) is 5.11 Å². The van der Waals surface area contributed by atoms with Crippen molar-refractivity contribution >= 4 is 5.84 Å². The summed E-state index contributed by atoms with van der Waals surface area (Å²) in [5.41, 5.74) is 0.943. The summed E-state index contributed by atoms with van der Waals surface area (Å²) in [5.74, 6) is 2.63. The standard InChI is InChI=1S/C16H28N2O/c1-10-14(17-11(2)18-8-13(19)9-18)6-12-7-16(10,5)15(12,3)4/h10,12-14,19H,6-9H2,1-5H3/t10?,12-,14+,16-/m1/s1. The van der Waals surface area contributed by atoms with Crippen LogP contribution in [0.5, 0.6) is 0 Å². The molecule has 4 atom stereocenters. The second-order valence-electron chi connectivity index (χ2n) is 7.87. The van der Waals surface area contributed by atoms with Gasteiger partial charge in [-0.05, 0) is 42.4 Å². The molecule has 0 radical (unpaired) electrons. The SMILES string of the molecule is CC(=N[C@H]1C[C@@H]2C[C@](C)(C1C)C2(C)C)N1CC(O)C1. The third-order valence-corrected chi connectivity index (χ3v) is 6.94. The molecule has 3 aliphatic carbocycles. The van der Waals surface area contributed by atoms with Crippen LogP contribution in [-0.2, 0) is 0 Å². The Balaban J connectivity index is 1.73. The molecule has 1 aliphatic heterocycles. The zero-order valence-corrected chi connectivity index (χ0v) is 13.0. The van der Waals surface area contributed by atoms with Gasteiger partial charge in [0.25, 0.3) is 0 Å². The first kappa shape index (κ1) is 13.4. The number of hydrogen-bond donors (Lipinski definition) is 1. The predicted molar refractivity (Wildman–Crippen MR) is 78.3 cm³/mol. The molecule has 1 saturated heterocycles. The van der Waals surface area contributed by atoms with E-state index in [4.69, 9.17) is 4.99 Å². The van der Waals surface area contributed by atoms with Crippen molar-refractivity contribution < 1.29 is 5.11 Å². The van der Waals surface area contributed by atoms with E-state index < -0.39 is 0 Å². The molecule has 0 aromatic carbocycles. The smallest absolute Gasteiger partial charge is 0.0962 e. The van der Waals surface area contributed by atoms with Crippen LogP contribution in [0.2, 0.25) is 0 Å². The Hall–Kier alpha value is -0.570. The highest BCUT2D eigenvalue weighted by atomic mass is 16.3. The molecule has 0 aromatic rings. The maximum Gasteiger partial charge on any atom is 0.0962 e. The largest absolute Gasteiger partial charge is 0.389 e. The quantitative estimate of drug-likeness (QED) is 0.583. The monoisotopic (exact) mass is 264 g/mol. The van der Waals surface area contributed by atoms with Crippen LogP contribution in [0.3, 0.4) is 0 Å². The predicted octanol–water partition coefficient (Wildman–Crippen LogP) is 2.54. The van der Waals surface area contributed by atoms with Gasteiger partial charge in [0.1, 0.15) is 0 Å². The van der Waals surface area contributed by atoms with Crippen molar-refractivity contribution in [3.05, 3.63) is 0 Å². The fourth-order valence-corrected chi connectivity index (χ4v) is 4.64. The third kappa shape index (κ3) is 1.70. The fraction of sp³-hybridized carbons (Fsp3) is 0.938. The van der Waals surface area contributed by atoms with Crippen molar-refractivity contribution in [1.82, 2.24) is 4.90 Å². The van der Waals surface area contributed by atoms with E-state index in [0.717, 1.165) is 24.8 Å². The number of amidine groups is 1. The van der Waals surface area contributed by atoms with Crippen LogP contribution in [0.1, 0.15) is 47.5 Å². The van der Waals surface area contributed by atoms with Gasteiger partial charge in [-0.25, -0.2) is 0 Å². The molecule has 3 saturated carbocycles. The van der Waals surface area contributed by atoms with E-state index in [2.05, 4.69) is 39.5 Å². The summed E-state index contributed by atoms with van der Waals surface area (Å²) >= 11 is 0. The molecular weight excluding hydrogens is 236 g/mol. The highest BCUT2D eigenvalue weighted by molar-refractivity contribution is 5.80. The third-order valence-electron chi connectivity index (χ3n) is 6.94. The van der Waals surface area contributed by atoms with Crippen molar-refractivity contribution in [3.8, 4) is 0 Å². The normalized spacial score (nSPS) is 45.7. The summed E-state index contributed by atoms with van der Waals surface area (Å²) in [6.07, 6.45) is 2.49. The second-order valence-corrected chi connectivity index (χ2v) is 7.87. The van der Waals surface area contributed by atoms with Crippen LogP contribution in [0.25, 0.3) is 0 Å². The van der Waals surface area contributed by atoms with Crippen LogP contribution in [0.4, 0.5) is 0 Å². The lowest BCUT2D eigenvalue weighted by Crippen LogP contribution is -2.64. The first-order valence-electron chi connectivity index (χ1n) is 7.73. The molecule has 108 valence electrons. The number of aliphatic hydroxyl groups is 1. The molecule has 19 heavy (non-hydrogen) atoms. The van der Waals surface area contributed by atoms with E-state index in [-0.39, 0.29) is 6.10 Å². The highest BCUT2D eigenvalue weighted by Gasteiger charge is 2.64. The van der Waals surface area contributed by atoms with Gasteiger partial charge in [-0.3, -0.25) is 4.99 Å². The maximum absolute atomic E-state index is 9.39. The van der Waals surface area contributed by atoms with Gasteiger partial charge in [0.2, 0.25) is 0 Å². The Kier molecular flexibility index (Phi) is 2.80. The van der Waals surface area contributed by atoms with Crippen molar-refractivity contribution in [2.24, 2.45) is 27.7 Å². The Morgan fingerprint density at radius 3 is 2.42 bits per heavy atom. The molecule has 4 aliphatic rings. The zero-order chi connectivity index (χ0) is 14.0. The Bertz CT molecular complexity index is 411. The van der Waals surface area contributed by atoms with Gasteiger partial charge in [0.05, 0.1) is 18.0 Å². The van der Waals surface area contributed by atoms with Gasteiger partial charge in [-0.15, -0.1) is 0 Å². The highest BCUT2D eigenvalue weighted by Crippen LogP contribution is 2.69. The molecule has 3 nitrogen and oxygen atoms in total. The topological polar surface area (TPSA) is 35.8 Å². The summed E-state index contributed by atoms with van der Waals surface area (Å²) in [7, 11) is 0. The van der Waals surface area contributed by atoms with E-state index in [1.807, 2.05) is 0 Å². The molecular formula is C16H28N2O. The maximum atomic E-state index is 9.39. The van der Waals surface area contributed by atoms with Gasteiger partial charge >= 0.3 is 0 Å². The van der Waals surface area contributed by atoms with Crippen molar-refractivity contribution in [3.63, 3.8) is 0 Å². The number of likely N-dealkylation sites (tertiary alicyclic amines) is 1. The minimum Gasteiger partial charge on any atom is -0.389 e. The number of nitrogens with zero attached hydrogens (tertiary/aromatic N) is 2. The lowest BCUT2D eigenvalue weighted by Gasteiger charge is -2.69. The number of aliphatic imine (C=N–C) groups is 1. The molecule has 0 amide bonds. The molecule has 0 aromatic heterocycles. The molecule has 1 unspecified atom stereocenters. The molecule has 0 spiro atoms. The minimum atomic E-state index is -0.140. The fourth-order valence-electron chi connectivity index (χ4n) is 4.64. The van der Waals surface area contributed by atoms with Gasteiger partial charge in [-0.2, -0.15) is 0 Å². The summed E-state index contributed by atoms with van der Waals surface area (Å²) in [6, 6.07) is 0.481. The first-order chi connectivity index (χ1) is 8.75. The number of aliphatic hydroxyl groups excluding tert-OH is 1. The van der Waals surface area contributed by atoms with Gasteiger partial charge < -0.3 is 10.0 Å². The summed E-state index contributed by atoms with van der Waals surface area (Å²) < 4.78 is 0. The average molecular weight is 264 g/mol. The van der Waals surface area contributed by atoms with Gasteiger partial charge in [0, 0.05) is 13.1 Å². The molecule has 3 heteroatoms. The minimum absolute atomic E-state index is 0.140. The number of rotatable bonds is 1. The van der Waals surface area contributed by atoms with Gasteiger partial charge in [0.15, 0.2) is 0 Å². The van der Waals surface area contributed by atoms with E-state index in [0.29, 0.717) is 22.8 Å². The lowest BCUT2D eigenvalue weighted by molar-refractivity contribution is -0.188. The Morgan fingerprint density at radius 2 is 1.89 bits per heavy atom. The second kappa shape index (κ2) is 3.97. The number of β-amino-alcohol motifs (C(OH)–C–C–N with tert-alkyl or cyclic N) is 1. The molecule has 1 heterocycles. The van der Waals surface area contributed by atoms with Crippen LogP contribution in [0.15, 0.2) is 4.99 Å². The van der Waals surface area contributed by atoms with Gasteiger partial charge in [-0.1, -0.05) is 27.7 Å². The number of fused-ring (bicyclic) bond motifs is 2. The molecule has 1 N–H and O–H groups in total. The van der Waals surface area contributed by atoms with Crippen molar-refractivity contribution in [2.45, 2.75) is 59.6 Å². The van der Waals surface area contributed by atoms with Crippen LogP contribution < -0.4 is 0 Å². The zero-order valence-electron chi connectivity index (χ0n) is 13.0. The van der Waals surface area contributed by atoms with Crippen molar-refractivity contribution in [1.29, 1.82) is 0 Å². The molecule has 2 bridgehead atoms. The van der Waals surface area contributed by atoms with Crippen LogP contribution >= 0.6 is 0 Å². The first-order valence-corrected chi connectivity index (χ1v) is 7.73. The van der Waals surface area contributed by atoms with Crippen molar-refractivity contribution in [2.75, 3.05) is 13.1 Å². The Morgan fingerprint density at radius 1 is 1.26 bits per heavy atom. The number of hydrogen-bond acceptors (Lipinski definition) is 2. The molecule has 4 rings (SSSR count). The summed E-state index contributed by atoms with van der Waals surface area (Å²) in [6.45, 7) is 13.4. The summed E-state index contributed by atoms with van der Waals surface area (Å²) in [4.78, 5) is 7.20. The van der Waals surface area contributed by atoms with Crippen LogP contribution in [0, 0.1) is 22.7 Å². The summed E-state index contributed by atoms with van der Waals surface area (Å²) in [5, 5.41) is 9.39. The lowest BCUT2D eigenvalue weighted by atomic mass is 9.37. The van der Waals surface area contributed by atoms with E-state index in [1.54, 1.807) is 0 Å². The van der Waals surface area contributed by atoms with E-state index in [1.165, 1.54) is 12.8 Å². The molecule has 4 fully saturated rings. The van der Waals surface area contributed by atoms with Crippen LogP contribution in [-0.4, -0.2) is 41.1 Å².